The van der Waals surface area contributed by atoms with Gasteiger partial charge in [0.1, 0.15) is 36.6 Å². The van der Waals surface area contributed by atoms with E-state index < -0.39 is 6.10 Å². The second-order valence-electron chi connectivity index (χ2n) is 6.65. The summed E-state index contributed by atoms with van der Waals surface area (Å²) < 4.78 is 13.5. The Morgan fingerprint density at radius 3 is 2.34 bits per heavy atom. The van der Waals surface area contributed by atoms with Crippen molar-refractivity contribution in [2.24, 2.45) is 0 Å². The maximum Gasteiger partial charge on any atom is 0.148 e. The summed E-state index contributed by atoms with van der Waals surface area (Å²) >= 11 is 5.89. The predicted octanol–water partition coefficient (Wildman–Crippen LogP) is 4.71. The van der Waals surface area contributed by atoms with Crippen LogP contribution in [0.5, 0.6) is 11.5 Å². The quantitative estimate of drug-likeness (QED) is 0.458. The lowest BCUT2D eigenvalue weighted by atomic mass is 10.3. The highest BCUT2D eigenvalue weighted by Crippen LogP contribution is 2.20. The van der Waals surface area contributed by atoms with Crippen LogP contribution in [0.25, 0.3) is 11.0 Å². The number of imidazole rings is 1. The molecule has 3 aromatic carbocycles. The number of rotatable bonds is 8. The third-order valence-corrected chi connectivity index (χ3v) is 4.75. The van der Waals surface area contributed by atoms with Gasteiger partial charge in [-0.1, -0.05) is 41.9 Å². The molecule has 0 spiro atoms. The van der Waals surface area contributed by atoms with Crippen molar-refractivity contribution in [3.8, 4) is 11.5 Å². The van der Waals surface area contributed by atoms with Crippen LogP contribution in [0.1, 0.15) is 5.82 Å². The van der Waals surface area contributed by atoms with Gasteiger partial charge in [0.05, 0.1) is 17.6 Å². The molecule has 1 N–H and O–H groups in total. The van der Waals surface area contributed by atoms with Gasteiger partial charge in [-0.05, 0) is 48.5 Å². The van der Waals surface area contributed by atoms with Crippen LogP contribution >= 0.6 is 11.6 Å². The Morgan fingerprint density at radius 1 is 0.862 bits per heavy atom. The van der Waals surface area contributed by atoms with E-state index in [0.717, 1.165) is 22.6 Å². The van der Waals surface area contributed by atoms with Crippen LogP contribution in [0, 0.1) is 0 Å². The fourth-order valence-corrected chi connectivity index (χ4v) is 3.22. The van der Waals surface area contributed by atoms with E-state index in [-0.39, 0.29) is 6.61 Å². The monoisotopic (exact) mass is 408 g/mol. The number of hydrogen-bond acceptors (Lipinski definition) is 4. The van der Waals surface area contributed by atoms with Crippen LogP contribution in [0.4, 0.5) is 0 Å². The lowest BCUT2D eigenvalue weighted by Gasteiger charge is -2.16. The van der Waals surface area contributed by atoms with Crippen molar-refractivity contribution in [2.75, 3.05) is 6.61 Å². The van der Waals surface area contributed by atoms with Crippen LogP contribution < -0.4 is 9.47 Å². The molecular weight excluding hydrogens is 388 g/mol. The average molecular weight is 409 g/mol. The van der Waals surface area contributed by atoms with Crippen molar-refractivity contribution in [1.82, 2.24) is 9.55 Å². The van der Waals surface area contributed by atoms with Crippen LogP contribution in [-0.2, 0) is 13.2 Å². The molecule has 0 bridgehead atoms. The molecule has 1 heterocycles. The standard InChI is InChI=1S/C23H21ClN2O3/c24-17-10-12-20(13-11-17)28-15-18(27)14-26-22-9-5-4-8-21(22)25-23(26)16-29-19-6-2-1-3-7-19/h1-13,18,27H,14-16H2. The Balaban J connectivity index is 1.48. The summed E-state index contributed by atoms with van der Waals surface area (Å²) in [4.78, 5) is 4.68. The van der Waals surface area contributed by atoms with Crippen LogP contribution in [0.2, 0.25) is 5.02 Å². The Labute approximate surface area is 174 Å². The topological polar surface area (TPSA) is 56.5 Å². The summed E-state index contributed by atoms with van der Waals surface area (Å²) in [5.74, 6) is 2.19. The second-order valence-corrected chi connectivity index (χ2v) is 7.08. The molecule has 0 fully saturated rings. The molecule has 6 heteroatoms. The molecule has 148 valence electrons. The van der Waals surface area contributed by atoms with Crippen molar-refractivity contribution >= 4 is 22.6 Å². The van der Waals surface area contributed by atoms with Gasteiger partial charge in [-0.25, -0.2) is 4.98 Å². The Morgan fingerprint density at radius 2 is 1.55 bits per heavy atom. The number of aromatic nitrogens is 2. The number of ether oxygens (including phenoxy) is 2. The Bertz CT molecular complexity index is 1060. The maximum atomic E-state index is 10.6. The minimum atomic E-state index is -0.709. The SMILES string of the molecule is OC(COc1ccc(Cl)cc1)Cn1c(COc2ccccc2)nc2ccccc21. The zero-order valence-electron chi connectivity index (χ0n) is 15.7. The van der Waals surface area contributed by atoms with Gasteiger partial charge < -0.3 is 19.1 Å². The molecule has 0 aliphatic rings. The number of benzene rings is 3. The molecule has 0 amide bonds. The van der Waals surface area contributed by atoms with Gasteiger partial charge in [-0.15, -0.1) is 0 Å². The molecule has 1 aromatic heterocycles. The summed E-state index contributed by atoms with van der Waals surface area (Å²) in [6.07, 6.45) is -0.709. The molecule has 0 radical (unpaired) electrons. The number of halogens is 1. The van der Waals surface area contributed by atoms with Gasteiger partial charge in [0, 0.05) is 5.02 Å². The highest BCUT2D eigenvalue weighted by atomic mass is 35.5. The van der Waals surface area contributed by atoms with Crippen LogP contribution in [-0.4, -0.2) is 27.4 Å². The Hall–Kier alpha value is -3.02. The van der Waals surface area contributed by atoms with Crippen LogP contribution in [0.15, 0.2) is 78.9 Å². The summed E-state index contributed by atoms with van der Waals surface area (Å²) in [6, 6.07) is 24.5. The van der Waals surface area contributed by atoms with Gasteiger partial charge in [-0.3, -0.25) is 0 Å². The summed E-state index contributed by atoms with van der Waals surface area (Å²) in [5.41, 5.74) is 1.81. The zero-order valence-corrected chi connectivity index (χ0v) is 16.5. The first-order valence-corrected chi connectivity index (χ1v) is 9.75. The zero-order chi connectivity index (χ0) is 20.1. The first-order chi connectivity index (χ1) is 14.2. The number of aliphatic hydroxyl groups excluding tert-OH is 1. The van der Waals surface area contributed by atoms with Gasteiger partial charge >= 0.3 is 0 Å². The summed E-state index contributed by atoms with van der Waals surface area (Å²) in [7, 11) is 0. The molecule has 1 unspecified atom stereocenters. The molecule has 29 heavy (non-hydrogen) atoms. The van der Waals surface area contributed by atoms with Crippen LogP contribution in [0.3, 0.4) is 0 Å². The molecular formula is C23H21ClN2O3. The second kappa shape index (κ2) is 8.99. The molecule has 0 aliphatic carbocycles. The van der Waals surface area contributed by atoms with E-state index in [4.69, 9.17) is 21.1 Å². The van der Waals surface area contributed by atoms with E-state index in [0.29, 0.717) is 23.9 Å². The lowest BCUT2D eigenvalue weighted by molar-refractivity contribution is 0.0917. The number of nitrogens with zero attached hydrogens (tertiary/aromatic N) is 2. The normalized spacial score (nSPS) is 12.1. The van der Waals surface area contributed by atoms with E-state index in [9.17, 15) is 5.11 Å². The van der Waals surface area contributed by atoms with Gasteiger partial charge in [-0.2, -0.15) is 0 Å². The first-order valence-electron chi connectivity index (χ1n) is 9.37. The van der Waals surface area contributed by atoms with Crippen molar-refractivity contribution in [3.63, 3.8) is 0 Å². The van der Waals surface area contributed by atoms with Gasteiger partial charge in [0.15, 0.2) is 0 Å². The van der Waals surface area contributed by atoms with E-state index in [1.165, 1.54) is 0 Å². The van der Waals surface area contributed by atoms with Crippen molar-refractivity contribution in [2.45, 2.75) is 19.3 Å². The minimum Gasteiger partial charge on any atom is -0.491 e. The number of hydrogen-bond donors (Lipinski definition) is 1. The average Bonchev–Trinajstić information content (AvgIpc) is 3.10. The van der Waals surface area contributed by atoms with E-state index >= 15 is 0 Å². The molecule has 0 aliphatic heterocycles. The predicted molar refractivity (Wildman–Crippen MR) is 113 cm³/mol. The van der Waals surface area contributed by atoms with E-state index in [1.54, 1.807) is 24.3 Å². The number of para-hydroxylation sites is 3. The van der Waals surface area contributed by atoms with Crippen molar-refractivity contribution in [1.29, 1.82) is 0 Å². The molecule has 1 atom stereocenters. The molecule has 5 nitrogen and oxygen atoms in total. The van der Waals surface area contributed by atoms with Crippen molar-refractivity contribution in [3.05, 3.63) is 89.7 Å². The number of fused-ring (bicyclic) bond motifs is 1. The molecule has 4 aromatic rings. The van der Waals surface area contributed by atoms with Gasteiger partial charge in [0.25, 0.3) is 0 Å². The minimum absolute atomic E-state index is 0.160. The molecule has 4 rings (SSSR count). The summed E-state index contributed by atoms with van der Waals surface area (Å²) in [5, 5.41) is 11.2. The fraction of sp³-hybridized carbons (Fsp3) is 0.174. The molecule has 0 saturated heterocycles. The number of aliphatic hydroxyl groups is 1. The molecule has 0 saturated carbocycles. The largest absolute Gasteiger partial charge is 0.491 e. The highest BCUT2D eigenvalue weighted by molar-refractivity contribution is 6.30. The Kier molecular flexibility index (Phi) is 5.98. The van der Waals surface area contributed by atoms with E-state index in [1.807, 2.05) is 59.2 Å². The smallest absolute Gasteiger partial charge is 0.148 e. The summed E-state index contributed by atoms with van der Waals surface area (Å²) in [6.45, 7) is 0.818. The maximum absolute atomic E-state index is 10.6. The lowest BCUT2D eigenvalue weighted by Crippen LogP contribution is -2.25. The van der Waals surface area contributed by atoms with Gasteiger partial charge in [0.2, 0.25) is 0 Å². The third kappa shape index (κ3) is 4.88. The highest BCUT2D eigenvalue weighted by Gasteiger charge is 2.15. The van der Waals surface area contributed by atoms with Crippen molar-refractivity contribution < 1.29 is 14.6 Å². The first kappa shape index (κ1) is 19.3. The van der Waals surface area contributed by atoms with E-state index in [2.05, 4.69) is 4.98 Å². The fourth-order valence-electron chi connectivity index (χ4n) is 3.09. The third-order valence-electron chi connectivity index (χ3n) is 4.49.